The van der Waals surface area contributed by atoms with Crippen molar-refractivity contribution in [1.29, 1.82) is 0 Å². The summed E-state index contributed by atoms with van der Waals surface area (Å²) in [5.41, 5.74) is 0. The highest BCUT2D eigenvalue weighted by Crippen LogP contribution is 2.31. The summed E-state index contributed by atoms with van der Waals surface area (Å²) in [5, 5.41) is 2.78. The van der Waals surface area contributed by atoms with Gasteiger partial charge in [0, 0.05) is 25.2 Å². The number of ether oxygens (including phenoxy) is 2. The lowest BCUT2D eigenvalue weighted by Gasteiger charge is -2.36. The van der Waals surface area contributed by atoms with Gasteiger partial charge in [-0.15, -0.1) is 0 Å². The van der Waals surface area contributed by atoms with E-state index in [0.29, 0.717) is 12.5 Å². The van der Waals surface area contributed by atoms with Crippen LogP contribution in [0.4, 0.5) is 4.79 Å². The van der Waals surface area contributed by atoms with Crippen molar-refractivity contribution < 1.29 is 19.1 Å². The molecule has 6 heteroatoms. The summed E-state index contributed by atoms with van der Waals surface area (Å²) < 4.78 is 9.41. The average molecular weight is 256 g/mol. The first-order valence-electron chi connectivity index (χ1n) is 6.30. The molecular weight excluding hydrogens is 236 g/mol. The first kappa shape index (κ1) is 13.1. The molecule has 1 saturated heterocycles. The molecule has 1 aliphatic carbocycles. The van der Waals surface area contributed by atoms with Gasteiger partial charge in [-0.05, 0) is 19.3 Å². The van der Waals surface area contributed by atoms with Crippen LogP contribution in [0, 0.1) is 5.92 Å². The van der Waals surface area contributed by atoms with Gasteiger partial charge < -0.3 is 14.8 Å². The van der Waals surface area contributed by atoms with Crippen LogP contribution in [0.1, 0.15) is 19.3 Å². The maximum Gasteiger partial charge on any atom is 0.407 e. The van der Waals surface area contributed by atoms with Crippen LogP contribution in [-0.2, 0) is 14.3 Å². The topological polar surface area (TPSA) is 67.9 Å². The van der Waals surface area contributed by atoms with Gasteiger partial charge in [-0.25, -0.2) is 4.79 Å². The predicted octanol–water partition coefficient (Wildman–Crippen LogP) is 0.368. The van der Waals surface area contributed by atoms with Crippen LogP contribution in [-0.4, -0.2) is 56.4 Å². The maximum absolute atomic E-state index is 11.7. The molecule has 6 nitrogen and oxygen atoms in total. The van der Waals surface area contributed by atoms with Crippen molar-refractivity contribution in [2.45, 2.75) is 31.3 Å². The number of likely N-dealkylation sites (tertiary alicyclic amines) is 1. The van der Waals surface area contributed by atoms with Gasteiger partial charge in [0.05, 0.1) is 20.1 Å². The summed E-state index contributed by atoms with van der Waals surface area (Å²) in [6.07, 6.45) is 2.53. The molecular formula is C12H20N2O4. The summed E-state index contributed by atoms with van der Waals surface area (Å²) >= 11 is 0. The van der Waals surface area contributed by atoms with E-state index in [-0.39, 0.29) is 17.9 Å². The summed E-state index contributed by atoms with van der Waals surface area (Å²) in [6.45, 7) is 1.52. The van der Waals surface area contributed by atoms with Crippen molar-refractivity contribution >= 4 is 12.1 Å². The van der Waals surface area contributed by atoms with E-state index in [1.807, 2.05) is 0 Å². The van der Waals surface area contributed by atoms with Crippen LogP contribution >= 0.6 is 0 Å². The van der Waals surface area contributed by atoms with E-state index in [4.69, 9.17) is 4.74 Å². The number of nitrogens with zero attached hydrogens (tertiary/aromatic N) is 1. The van der Waals surface area contributed by atoms with Crippen molar-refractivity contribution in [3.8, 4) is 0 Å². The SMILES string of the molecule is COC(=O)NC1CC(C(=O)OC)CN(C2CC2)C1. The Kier molecular flexibility index (Phi) is 4.06. The number of carbonyl (C=O) groups excluding carboxylic acids is 2. The number of rotatable bonds is 3. The summed E-state index contributed by atoms with van der Waals surface area (Å²) in [5.74, 6) is -0.358. The van der Waals surface area contributed by atoms with Crippen LogP contribution < -0.4 is 5.32 Å². The number of methoxy groups -OCH3 is 2. The molecule has 0 bridgehead atoms. The van der Waals surface area contributed by atoms with E-state index in [0.717, 1.165) is 13.1 Å². The van der Waals surface area contributed by atoms with Gasteiger partial charge in [0.25, 0.3) is 0 Å². The quantitative estimate of drug-likeness (QED) is 0.739. The van der Waals surface area contributed by atoms with Gasteiger partial charge in [-0.1, -0.05) is 0 Å². The molecule has 0 aromatic rings. The molecule has 1 amide bonds. The number of carbonyl (C=O) groups is 2. The van der Waals surface area contributed by atoms with Crippen molar-refractivity contribution in [2.75, 3.05) is 27.3 Å². The van der Waals surface area contributed by atoms with E-state index in [1.54, 1.807) is 0 Å². The van der Waals surface area contributed by atoms with Crippen LogP contribution in [0.2, 0.25) is 0 Å². The molecule has 102 valence electrons. The number of amides is 1. The van der Waals surface area contributed by atoms with Gasteiger partial charge in [-0.3, -0.25) is 9.69 Å². The Morgan fingerprint density at radius 3 is 2.44 bits per heavy atom. The Labute approximate surface area is 107 Å². The van der Waals surface area contributed by atoms with Crippen molar-refractivity contribution in [2.24, 2.45) is 5.92 Å². The molecule has 2 aliphatic rings. The monoisotopic (exact) mass is 256 g/mol. The fraction of sp³-hybridized carbons (Fsp3) is 0.833. The molecule has 1 N–H and O–H groups in total. The van der Waals surface area contributed by atoms with E-state index in [1.165, 1.54) is 27.1 Å². The van der Waals surface area contributed by atoms with Gasteiger partial charge in [0.1, 0.15) is 0 Å². The molecule has 2 unspecified atom stereocenters. The van der Waals surface area contributed by atoms with Gasteiger partial charge in [0.15, 0.2) is 0 Å². The van der Waals surface area contributed by atoms with Gasteiger partial charge in [-0.2, -0.15) is 0 Å². The lowest BCUT2D eigenvalue weighted by atomic mass is 9.94. The highest BCUT2D eigenvalue weighted by atomic mass is 16.5. The molecule has 0 radical (unpaired) electrons. The Balaban J connectivity index is 1.96. The fourth-order valence-corrected chi connectivity index (χ4v) is 2.54. The first-order chi connectivity index (χ1) is 8.63. The number of piperidine rings is 1. The minimum Gasteiger partial charge on any atom is -0.469 e. The Morgan fingerprint density at radius 2 is 1.89 bits per heavy atom. The minimum absolute atomic E-state index is 0.0455. The van der Waals surface area contributed by atoms with E-state index >= 15 is 0 Å². The maximum atomic E-state index is 11.7. The molecule has 0 aromatic carbocycles. The molecule has 0 aromatic heterocycles. The second-order valence-corrected chi connectivity index (χ2v) is 4.97. The Morgan fingerprint density at radius 1 is 1.17 bits per heavy atom. The summed E-state index contributed by atoms with van der Waals surface area (Å²) in [7, 11) is 2.75. The molecule has 0 spiro atoms. The summed E-state index contributed by atoms with van der Waals surface area (Å²) in [4.78, 5) is 25.2. The standard InChI is InChI=1S/C12H20N2O4/c1-17-11(15)8-5-9(13-12(16)18-2)7-14(6-8)10-3-4-10/h8-10H,3-7H2,1-2H3,(H,13,16). The number of hydrogen-bond donors (Lipinski definition) is 1. The van der Waals surface area contributed by atoms with Crippen LogP contribution in [0.15, 0.2) is 0 Å². The van der Waals surface area contributed by atoms with Crippen molar-refractivity contribution in [1.82, 2.24) is 10.2 Å². The minimum atomic E-state index is -0.443. The van der Waals surface area contributed by atoms with E-state index < -0.39 is 6.09 Å². The predicted molar refractivity (Wildman–Crippen MR) is 64.0 cm³/mol. The molecule has 1 saturated carbocycles. The van der Waals surface area contributed by atoms with Gasteiger partial charge in [0.2, 0.25) is 0 Å². The Bertz CT molecular complexity index is 330. The second kappa shape index (κ2) is 5.56. The number of alkyl carbamates (subject to hydrolysis) is 1. The molecule has 18 heavy (non-hydrogen) atoms. The molecule has 2 fully saturated rings. The third-order valence-corrected chi connectivity index (χ3v) is 3.58. The number of esters is 1. The third kappa shape index (κ3) is 3.13. The largest absolute Gasteiger partial charge is 0.469 e. The molecule has 2 atom stereocenters. The second-order valence-electron chi connectivity index (χ2n) is 4.97. The van der Waals surface area contributed by atoms with E-state index in [2.05, 4.69) is 15.0 Å². The highest BCUT2D eigenvalue weighted by molar-refractivity contribution is 5.73. The molecule has 1 heterocycles. The van der Waals surface area contributed by atoms with Crippen LogP contribution in [0.25, 0.3) is 0 Å². The Hall–Kier alpha value is -1.30. The highest BCUT2D eigenvalue weighted by Gasteiger charge is 2.39. The van der Waals surface area contributed by atoms with E-state index in [9.17, 15) is 9.59 Å². The van der Waals surface area contributed by atoms with Crippen molar-refractivity contribution in [3.63, 3.8) is 0 Å². The average Bonchev–Trinajstić information content (AvgIpc) is 3.21. The zero-order chi connectivity index (χ0) is 13.1. The molecule has 2 rings (SSSR count). The number of nitrogens with one attached hydrogen (secondary N) is 1. The lowest BCUT2D eigenvalue weighted by Crippen LogP contribution is -2.53. The van der Waals surface area contributed by atoms with Crippen LogP contribution in [0.5, 0.6) is 0 Å². The zero-order valence-electron chi connectivity index (χ0n) is 10.8. The third-order valence-electron chi connectivity index (χ3n) is 3.58. The number of hydrogen-bond acceptors (Lipinski definition) is 5. The smallest absolute Gasteiger partial charge is 0.407 e. The fourth-order valence-electron chi connectivity index (χ4n) is 2.54. The normalized spacial score (nSPS) is 28.6. The van der Waals surface area contributed by atoms with Gasteiger partial charge >= 0.3 is 12.1 Å². The summed E-state index contributed by atoms with van der Waals surface area (Å²) in [6, 6.07) is 0.523. The van der Waals surface area contributed by atoms with Crippen LogP contribution in [0.3, 0.4) is 0 Å². The first-order valence-corrected chi connectivity index (χ1v) is 6.30. The zero-order valence-corrected chi connectivity index (χ0v) is 10.8. The molecule has 1 aliphatic heterocycles. The van der Waals surface area contributed by atoms with Crippen molar-refractivity contribution in [3.05, 3.63) is 0 Å². The lowest BCUT2D eigenvalue weighted by molar-refractivity contribution is -0.147.